The average Bonchev–Trinajstić information content (AvgIpc) is 2.85. The van der Waals surface area contributed by atoms with E-state index < -0.39 is 23.2 Å². The van der Waals surface area contributed by atoms with Crippen molar-refractivity contribution in [2.24, 2.45) is 0 Å². The lowest BCUT2D eigenvalue weighted by Crippen LogP contribution is -2.05. The third-order valence-electron chi connectivity index (χ3n) is 4.42. The highest BCUT2D eigenvalue weighted by atomic mass is 19.1. The molecule has 2 heterocycles. The normalized spacial score (nSPS) is 10.3. The fourth-order valence-electron chi connectivity index (χ4n) is 2.84. The molecule has 11 heteroatoms. The van der Waals surface area contributed by atoms with Crippen LogP contribution in [0.2, 0.25) is 0 Å². The van der Waals surface area contributed by atoms with Crippen molar-refractivity contribution in [3.8, 4) is 23.1 Å². The summed E-state index contributed by atoms with van der Waals surface area (Å²) in [6, 6.07) is 10.7. The van der Waals surface area contributed by atoms with Crippen LogP contribution in [0.1, 0.15) is 10.4 Å². The minimum Gasteiger partial charge on any atom is -0.491 e. The van der Waals surface area contributed by atoms with Crippen LogP contribution in [0.3, 0.4) is 0 Å². The Bertz CT molecular complexity index is 1310. The number of carbonyl (C=O) groups excluding carboxylic acids is 1. The fourth-order valence-corrected chi connectivity index (χ4v) is 2.84. The van der Waals surface area contributed by atoms with Gasteiger partial charge in [0.05, 0.1) is 24.8 Å². The first-order valence-corrected chi connectivity index (χ1v) is 10.1. The summed E-state index contributed by atoms with van der Waals surface area (Å²) < 4.78 is 56.3. The van der Waals surface area contributed by atoms with Crippen LogP contribution >= 0.6 is 0 Å². The van der Waals surface area contributed by atoms with Gasteiger partial charge in [-0.25, -0.2) is 18.2 Å². The predicted molar refractivity (Wildman–Crippen MR) is 121 cm³/mol. The molecule has 0 aliphatic rings. The highest BCUT2D eigenvalue weighted by Crippen LogP contribution is 2.36. The predicted octanol–water partition coefficient (Wildman–Crippen LogP) is 4.30. The third kappa shape index (κ3) is 6.15. The van der Waals surface area contributed by atoms with E-state index in [9.17, 15) is 18.0 Å². The Hall–Kier alpha value is -4.38. The molecule has 0 saturated heterocycles. The summed E-state index contributed by atoms with van der Waals surface area (Å²) in [5.41, 5.74) is 6.02. The molecule has 0 bridgehead atoms. The first-order valence-electron chi connectivity index (χ1n) is 10.1. The second kappa shape index (κ2) is 11.7. The van der Waals surface area contributed by atoms with Crippen molar-refractivity contribution in [1.29, 1.82) is 0 Å². The van der Waals surface area contributed by atoms with Crippen molar-refractivity contribution in [2.45, 2.75) is 0 Å². The summed E-state index contributed by atoms with van der Waals surface area (Å²) in [5, 5.41) is 8.91. The molecule has 0 amide bonds. The number of aromatic nitrogens is 2. The van der Waals surface area contributed by atoms with Crippen molar-refractivity contribution in [1.82, 2.24) is 9.97 Å². The van der Waals surface area contributed by atoms with Crippen LogP contribution in [0.25, 0.3) is 11.0 Å². The maximum Gasteiger partial charge on any atom is 0.257 e. The number of nitrogens with zero attached hydrogens (tertiary/aromatic N) is 2. The van der Waals surface area contributed by atoms with E-state index in [1.807, 2.05) is 0 Å². The van der Waals surface area contributed by atoms with Crippen molar-refractivity contribution in [2.75, 3.05) is 26.1 Å². The second-order valence-electron chi connectivity index (χ2n) is 6.80. The molecular formula is C24H20F3N3O5. The number of aliphatic hydroxyl groups is 1. The molecule has 8 nitrogen and oxygen atoms in total. The van der Waals surface area contributed by atoms with Gasteiger partial charge in [0.15, 0.2) is 35.2 Å². The minimum atomic E-state index is -0.947. The number of hydrogen-bond donors (Lipinski definition) is 2. The standard InChI is InChI=1S/C17H15F2N3O4.C7H5FO/c1-24-14-8-12-15(22-17(14)25-5-4-23)13(2-3-21-12)26-16-10(18)6-9(20)7-11(16)19;8-7-4-2-1-3-6(7)5-9/h2-3,6-8,23H,4-5,20H2,1H3;1-5H. The van der Waals surface area contributed by atoms with Gasteiger partial charge in [-0.2, -0.15) is 0 Å². The Morgan fingerprint density at radius 3 is 2.34 bits per heavy atom. The molecule has 0 fully saturated rings. The first kappa shape index (κ1) is 25.2. The summed E-state index contributed by atoms with van der Waals surface area (Å²) in [7, 11) is 1.42. The third-order valence-corrected chi connectivity index (χ3v) is 4.42. The molecular weight excluding hydrogens is 467 g/mol. The molecule has 0 radical (unpaired) electrons. The van der Waals surface area contributed by atoms with Gasteiger partial charge in [0.1, 0.15) is 17.9 Å². The lowest BCUT2D eigenvalue weighted by atomic mass is 10.2. The number of halogens is 3. The number of nitrogens with two attached hydrogens (primary N) is 1. The Labute approximate surface area is 197 Å². The van der Waals surface area contributed by atoms with Gasteiger partial charge in [-0.1, -0.05) is 12.1 Å². The molecule has 2 aromatic carbocycles. The summed E-state index contributed by atoms with van der Waals surface area (Å²) in [5.74, 6) is -2.52. The molecule has 0 atom stereocenters. The van der Waals surface area contributed by atoms with Crippen molar-refractivity contribution >= 4 is 23.0 Å². The van der Waals surface area contributed by atoms with Crippen molar-refractivity contribution < 1.29 is 37.3 Å². The number of aldehydes is 1. The van der Waals surface area contributed by atoms with E-state index in [2.05, 4.69) is 9.97 Å². The topological polar surface area (TPSA) is 117 Å². The van der Waals surface area contributed by atoms with Gasteiger partial charge in [-0.15, -0.1) is 0 Å². The molecule has 0 aliphatic heterocycles. The van der Waals surface area contributed by atoms with E-state index in [0.717, 1.165) is 12.1 Å². The Balaban J connectivity index is 0.000000320. The number of aliphatic hydroxyl groups excluding tert-OH is 1. The fraction of sp³-hybridized carbons (Fsp3) is 0.125. The highest BCUT2D eigenvalue weighted by molar-refractivity contribution is 5.83. The van der Waals surface area contributed by atoms with Crippen LogP contribution in [0.4, 0.5) is 18.9 Å². The zero-order valence-corrected chi connectivity index (χ0v) is 18.4. The average molecular weight is 487 g/mol. The molecule has 3 N–H and O–H groups in total. The van der Waals surface area contributed by atoms with Gasteiger partial charge in [-0.05, 0) is 12.1 Å². The SMILES string of the molecule is COc1cc2nccc(Oc3c(F)cc(N)cc3F)c2nc1OCCO.O=Cc1ccccc1F. The number of nitrogen functional groups attached to an aromatic ring is 1. The van der Waals surface area contributed by atoms with Crippen LogP contribution in [-0.4, -0.2) is 41.7 Å². The van der Waals surface area contributed by atoms with Crippen molar-refractivity contribution in [3.63, 3.8) is 0 Å². The van der Waals surface area contributed by atoms with Crippen LogP contribution in [-0.2, 0) is 0 Å². The lowest BCUT2D eigenvalue weighted by molar-refractivity contribution is 0.112. The van der Waals surface area contributed by atoms with Crippen molar-refractivity contribution in [3.05, 3.63) is 77.7 Å². The van der Waals surface area contributed by atoms with E-state index in [-0.39, 0.29) is 41.6 Å². The monoisotopic (exact) mass is 487 g/mol. The maximum atomic E-state index is 14.0. The van der Waals surface area contributed by atoms with Gasteiger partial charge in [0, 0.05) is 36.1 Å². The number of fused-ring (bicyclic) bond motifs is 1. The number of methoxy groups -OCH3 is 1. The summed E-state index contributed by atoms with van der Waals surface area (Å²) >= 11 is 0. The number of anilines is 1. The molecule has 0 saturated carbocycles. The zero-order chi connectivity index (χ0) is 25.4. The van der Waals surface area contributed by atoms with Crippen LogP contribution in [0, 0.1) is 17.5 Å². The van der Waals surface area contributed by atoms with Gasteiger partial charge < -0.3 is 25.1 Å². The molecule has 4 rings (SSSR count). The second-order valence-corrected chi connectivity index (χ2v) is 6.80. The van der Waals surface area contributed by atoms with Crippen LogP contribution in [0.5, 0.6) is 23.1 Å². The summed E-state index contributed by atoms with van der Waals surface area (Å²) in [4.78, 5) is 18.4. The maximum absolute atomic E-state index is 14.0. The van der Waals surface area contributed by atoms with E-state index in [4.69, 9.17) is 25.1 Å². The highest BCUT2D eigenvalue weighted by Gasteiger charge is 2.17. The first-order chi connectivity index (χ1) is 16.9. The number of benzene rings is 2. The molecule has 2 aromatic heterocycles. The molecule has 0 unspecified atom stereocenters. The van der Waals surface area contributed by atoms with E-state index >= 15 is 0 Å². The lowest BCUT2D eigenvalue weighted by Gasteiger charge is -2.13. The van der Waals surface area contributed by atoms with E-state index in [1.54, 1.807) is 12.1 Å². The van der Waals surface area contributed by atoms with Gasteiger partial charge >= 0.3 is 0 Å². The Kier molecular flexibility index (Phi) is 8.41. The number of pyridine rings is 2. The smallest absolute Gasteiger partial charge is 0.257 e. The number of hydrogen-bond acceptors (Lipinski definition) is 8. The Morgan fingerprint density at radius 2 is 1.74 bits per heavy atom. The molecule has 4 aromatic rings. The molecule has 0 spiro atoms. The number of ether oxygens (including phenoxy) is 3. The van der Waals surface area contributed by atoms with Gasteiger partial charge in [0.25, 0.3) is 5.88 Å². The largest absolute Gasteiger partial charge is 0.491 e. The van der Waals surface area contributed by atoms with Crippen LogP contribution < -0.4 is 19.9 Å². The molecule has 35 heavy (non-hydrogen) atoms. The summed E-state index contributed by atoms with van der Waals surface area (Å²) in [6.45, 7) is -0.229. The summed E-state index contributed by atoms with van der Waals surface area (Å²) in [6.07, 6.45) is 1.90. The van der Waals surface area contributed by atoms with E-state index in [0.29, 0.717) is 17.6 Å². The van der Waals surface area contributed by atoms with Gasteiger partial charge in [0.2, 0.25) is 0 Å². The minimum absolute atomic E-state index is 0.00740. The Morgan fingerprint density at radius 1 is 1.03 bits per heavy atom. The number of carbonyl (C=O) groups is 1. The molecule has 0 aliphatic carbocycles. The van der Waals surface area contributed by atoms with E-state index in [1.165, 1.54) is 37.6 Å². The van der Waals surface area contributed by atoms with Gasteiger partial charge in [-0.3, -0.25) is 9.78 Å². The quantitative estimate of drug-likeness (QED) is 0.293. The van der Waals surface area contributed by atoms with Crippen LogP contribution in [0.15, 0.2) is 54.7 Å². The number of rotatable bonds is 7. The molecule has 182 valence electrons. The zero-order valence-electron chi connectivity index (χ0n) is 18.4.